The minimum atomic E-state index is -0.854. The van der Waals surface area contributed by atoms with Crippen molar-refractivity contribution in [2.45, 2.75) is 12.6 Å². The van der Waals surface area contributed by atoms with Gasteiger partial charge in [-0.05, 0) is 56.7 Å². The molecule has 54 heavy (non-hydrogen) atoms. The largest absolute Gasteiger partial charge is 2.00 e. The molecule has 0 unspecified atom stereocenters. The molecule has 0 fully saturated rings. The topological polar surface area (TPSA) is 81.7 Å². The number of hydrogen-bond donors (Lipinski definition) is 0. The molecule has 9 rings (SSSR count). The fraction of sp³-hybridized carbons (Fsp3) is 0.0870. The molecule has 8 bridgehead atoms. The molecular weight excluding hydrogens is 715 g/mol. The summed E-state index contributed by atoms with van der Waals surface area (Å²) in [6.45, 7) is 0. The van der Waals surface area contributed by atoms with Crippen LogP contribution in [0.5, 0.6) is 0 Å². The third kappa shape index (κ3) is 6.40. The molecule has 7 aromatic rings. The monoisotopic (exact) mass is 748 g/mol. The molecule has 0 aliphatic carbocycles. The second-order valence-electron chi connectivity index (χ2n) is 12.8. The molecule has 8 heteroatoms. The Morgan fingerprint density at radius 2 is 0.741 bits per heavy atom. The molecule has 2 aliphatic rings. The van der Waals surface area contributed by atoms with Gasteiger partial charge in [-0.25, -0.2) is 9.97 Å². The van der Waals surface area contributed by atoms with Crippen molar-refractivity contribution >= 4 is 34.2 Å². The summed E-state index contributed by atoms with van der Waals surface area (Å²) in [4.78, 5) is 21.4. The summed E-state index contributed by atoms with van der Waals surface area (Å²) in [6, 6.07) is 49.0. The normalized spacial score (nSPS) is 15.1. The van der Waals surface area contributed by atoms with Crippen molar-refractivity contribution in [3.8, 4) is 44.5 Å². The summed E-state index contributed by atoms with van der Waals surface area (Å²) in [6.07, 6.45) is 2.44. The predicted octanol–water partition coefficient (Wildman–Crippen LogP) is 10.4. The van der Waals surface area contributed by atoms with Crippen LogP contribution in [0.15, 0.2) is 146 Å². The Morgan fingerprint density at radius 3 is 1.07 bits per heavy atom. The zero-order chi connectivity index (χ0) is 35.7. The number of methoxy groups -OCH3 is 2. The van der Waals surface area contributed by atoms with E-state index < -0.39 is 12.6 Å². The molecule has 0 saturated carbocycles. The van der Waals surface area contributed by atoms with Gasteiger partial charge in [-0.15, -0.1) is 22.1 Å². The van der Waals surface area contributed by atoms with Crippen LogP contribution in [-0.4, -0.2) is 24.2 Å². The SMILES string of the molecule is CO[C@H]1O[C@H](OC)c2nc1c(-c1ccccc1)c1ccc([n-]1)c(-c1ccccc1)c1nc(c(-c3ccccc3)c3ccc([n-]3)c2-c2ccccc2)C=C1.[Ni+2]. The van der Waals surface area contributed by atoms with E-state index in [9.17, 15) is 0 Å². The molecule has 266 valence electrons. The summed E-state index contributed by atoms with van der Waals surface area (Å²) >= 11 is 0. The van der Waals surface area contributed by atoms with Crippen molar-refractivity contribution in [3.63, 3.8) is 0 Å². The van der Waals surface area contributed by atoms with Gasteiger partial charge in [0.15, 0.2) is 0 Å². The summed E-state index contributed by atoms with van der Waals surface area (Å²) in [5.74, 6) is 0. The summed E-state index contributed by atoms with van der Waals surface area (Å²) in [7, 11) is 3.23. The third-order valence-electron chi connectivity index (χ3n) is 9.58. The first kappa shape index (κ1) is 35.2. The molecule has 0 spiro atoms. The Hall–Kier alpha value is -5.89. The van der Waals surface area contributed by atoms with Gasteiger partial charge in [0.25, 0.3) is 0 Å². The first-order chi connectivity index (χ1) is 26.2. The molecule has 0 radical (unpaired) electrons. The van der Waals surface area contributed by atoms with E-state index in [-0.39, 0.29) is 16.5 Å². The van der Waals surface area contributed by atoms with E-state index in [1.54, 1.807) is 14.2 Å². The van der Waals surface area contributed by atoms with Crippen LogP contribution in [0.1, 0.15) is 35.4 Å². The van der Waals surface area contributed by atoms with Crippen molar-refractivity contribution in [2.24, 2.45) is 0 Å². The van der Waals surface area contributed by atoms with E-state index in [1.807, 2.05) is 84.9 Å². The molecule has 0 amide bonds. The molecule has 4 aromatic carbocycles. The molecule has 7 nitrogen and oxygen atoms in total. The zero-order valence-corrected chi connectivity index (χ0v) is 30.5. The van der Waals surface area contributed by atoms with Crippen LogP contribution in [0, 0.1) is 0 Å². The third-order valence-corrected chi connectivity index (χ3v) is 9.58. The maximum atomic E-state index is 6.63. The second kappa shape index (κ2) is 15.2. The molecule has 2 aliphatic heterocycles. The minimum Gasteiger partial charge on any atom is -0.657 e. The van der Waals surface area contributed by atoms with Gasteiger partial charge >= 0.3 is 16.5 Å². The number of aromatic nitrogens is 4. The fourth-order valence-electron chi connectivity index (χ4n) is 7.21. The number of hydrogen-bond acceptors (Lipinski definition) is 5. The minimum absolute atomic E-state index is 0. The Kier molecular flexibility index (Phi) is 9.91. The van der Waals surface area contributed by atoms with Crippen molar-refractivity contribution in [3.05, 3.63) is 168 Å². The van der Waals surface area contributed by atoms with Gasteiger partial charge in [-0.2, -0.15) is 0 Å². The van der Waals surface area contributed by atoms with E-state index in [0.717, 1.165) is 78.0 Å². The molecule has 0 N–H and O–H groups in total. The van der Waals surface area contributed by atoms with Crippen LogP contribution in [0.2, 0.25) is 0 Å². The van der Waals surface area contributed by atoms with Crippen LogP contribution in [0.4, 0.5) is 0 Å². The van der Waals surface area contributed by atoms with Crippen molar-refractivity contribution in [1.29, 1.82) is 0 Å². The average Bonchev–Trinajstić information content (AvgIpc) is 4.00. The van der Waals surface area contributed by atoms with Gasteiger partial charge in [0.1, 0.15) is 11.4 Å². The predicted molar refractivity (Wildman–Crippen MR) is 210 cm³/mol. The smallest absolute Gasteiger partial charge is 0.657 e. The van der Waals surface area contributed by atoms with E-state index >= 15 is 0 Å². The summed E-state index contributed by atoms with van der Waals surface area (Å²) in [5, 5.41) is 0. The van der Waals surface area contributed by atoms with Gasteiger partial charge in [0, 0.05) is 14.2 Å². The van der Waals surface area contributed by atoms with Gasteiger partial charge in [-0.3, -0.25) is 0 Å². The van der Waals surface area contributed by atoms with Crippen molar-refractivity contribution in [1.82, 2.24) is 19.9 Å². The van der Waals surface area contributed by atoms with Crippen LogP contribution in [-0.2, 0) is 30.7 Å². The van der Waals surface area contributed by atoms with Gasteiger partial charge < -0.3 is 24.2 Å². The molecule has 2 atom stereocenters. The van der Waals surface area contributed by atoms with Crippen molar-refractivity contribution in [2.75, 3.05) is 14.2 Å². The standard InChI is InChI=1S/C46H34N4O3.Ni/c1-51-45-43-41(31-19-11-5-12-20-31)37-27-25-35(48-37)39(29-15-7-3-8-16-29)33-23-24-34(47-33)40(30-17-9-4-10-18-30)36-26-28-38(49-36)42(32-21-13-6-14-22-32)44(50-43)46(52-2)53-45;/h3-28,45-46H,1-2H3;/q-2;+2/t45-,46-;/m0./s1. The zero-order valence-electron chi connectivity index (χ0n) is 29.5. The number of fused-ring (bicyclic) bond motifs is 8. The molecular formula is C46H34N4NiO3. The van der Waals surface area contributed by atoms with Crippen LogP contribution in [0.3, 0.4) is 0 Å². The average molecular weight is 749 g/mol. The van der Waals surface area contributed by atoms with Crippen LogP contribution in [0.25, 0.3) is 78.7 Å². The Balaban J connectivity index is 0.00000413. The molecule has 0 saturated heterocycles. The van der Waals surface area contributed by atoms with E-state index in [0.29, 0.717) is 11.4 Å². The molecule has 5 heterocycles. The number of benzene rings is 4. The van der Waals surface area contributed by atoms with E-state index in [2.05, 4.69) is 72.8 Å². The maximum Gasteiger partial charge on any atom is 2.00 e. The number of ether oxygens (including phenoxy) is 3. The fourth-order valence-corrected chi connectivity index (χ4v) is 7.21. The first-order valence-corrected chi connectivity index (χ1v) is 17.5. The second-order valence-corrected chi connectivity index (χ2v) is 12.8. The maximum absolute atomic E-state index is 6.63. The van der Waals surface area contributed by atoms with Crippen LogP contribution >= 0.6 is 0 Å². The number of rotatable bonds is 6. The summed E-state index contributed by atoms with van der Waals surface area (Å²) < 4.78 is 18.7. The van der Waals surface area contributed by atoms with E-state index in [4.69, 9.17) is 34.1 Å². The summed E-state index contributed by atoms with van der Waals surface area (Å²) in [5.41, 5.74) is 13.1. The van der Waals surface area contributed by atoms with Gasteiger partial charge in [-0.1, -0.05) is 146 Å². The van der Waals surface area contributed by atoms with Gasteiger partial charge in [0.05, 0.1) is 11.4 Å². The Labute approximate surface area is 323 Å². The quantitative estimate of drug-likeness (QED) is 0.157. The Morgan fingerprint density at radius 1 is 0.426 bits per heavy atom. The van der Waals surface area contributed by atoms with Crippen LogP contribution < -0.4 is 9.97 Å². The van der Waals surface area contributed by atoms with Gasteiger partial charge in [0.2, 0.25) is 12.6 Å². The molecule has 3 aromatic heterocycles. The number of nitrogens with zero attached hydrogens (tertiary/aromatic N) is 4. The Bertz CT molecular complexity index is 2440. The van der Waals surface area contributed by atoms with E-state index in [1.165, 1.54) is 0 Å². The van der Waals surface area contributed by atoms with Crippen molar-refractivity contribution < 1.29 is 30.7 Å². The first-order valence-electron chi connectivity index (χ1n) is 17.5.